The topological polar surface area (TPSA) is 151 Å². The highest BCUT2D eigenvalue weighted by Crippen LogP contribution is 2.14. The molecule has 2 rings (SSSR count). The quantitative estimate of drug-likeness (QED) is 0.154. The van der Waals surface area contributed by atoms with Crippen LogP contribution in [0.15, 0.2) is 75.9 Å². The zero-order chi connectivity index (χ0) is 24.8. The molecule has 0 saturated carbocycles. The molecule has 0 aromatic heterocycles. The molecule has 0 saturated heterocycles. The number of nitrogens with zero attached hydrogens (tertiary/aromatic N) is 3. The van der Waals surface area contributed by atoms with E-state index in [4.69, 9.17) is 40.4 Å². The lowest BCUT2D eigenvalue weighted by Crippen LogP contribution is -2.26. The van der Waals surface area contributed by atoms with Gasteiger partial charge in [-0.3, -0.25) is 4.99 Å². The molecule has 2 aromatic carbocycles. The molecule has 9 N–H and O–H groups in total. The minimum Gasteiger partial charge on any atom is -0.370 e. The maximum atomic E-state index is 5.88. The molecular weight excluding hydrogens is 473 g/mol. The van der Waals surface area contributed by atoms with Crippen molar-refractivity contribution < 1.29 is 0 Å². The Morgan fingerprint density at radius 3 is 1.79 bits per heavy atom. The summed E-state index contributed by atoms with van der Waals surface area (Å²) in [6, 6.07) is 14.3. The van der Waals surface area contributed by atoms with Crippen LogP contribution in [0.5, 0.6) is 0 Å². The first-order valence-corrected chi connectivity index (χ1v) is 11.5. The number of anilines is 2. The minimum absolute atomic E-state index is 0.139. The molecule has 0 bridgehead atoms. The third kappa shape index (κ3) is 11.4. The monoisotopic (exact) mass is 503 g/mol. The van der Waals surface area contributed by atoms with E-state index in [2.05, 4.69) is 37.5 Å². The van der Waals surface area contributed by atoms with E-state index in [0.29, 0.717) is 22.4 Å². The van der Waals surface area contributed by atoms with E-state index in [1.165, 1.54) is 0 Å². The summed E-state index contributed by atoms with van der Waals surface area (Å²) in [6.07, 6.45) is 3.91. The van der Waals surface area contributed by atoms with Crippen molar-refractivity contribution in [1.29, 1.82) is 0 Å². The van der Waals surface area contributed by atoms with Gasteiger partial charge < -0.3 is 33.2 Å². The Morgan fingerprint density at radius 2 is 1.24 bits per heavy atom. The zero-order valence-corrected chi connectivity index (χ0v) is 20.4. The molecule has 0 fully saturated rings. The molecule has 0 radical (unpaired) electrons. The lowest BCUT2D eigenvalue weighted by atomic mass is 10.2. The van der Waals surface area contributed by atoms with Gasteiger partial charge in [0.1, 0.15) is 5.82 Å². The molecule has 34 heavy (non-hydrogen) atoms. The highest BCUT2D eigenvalue weighted by Gasteiger charge is 1.99. The Bertz CT molecular complexity index is 1000. The fourth-order valence-electron chi connectivity index (χ4n) is 2.78. The summed E-state index contributed by atoms with van der Waals surface area (Å²) in [7, 11) is 0. The number of benzene rings is 2. The third-order valence-corrected chi connectivity index (χ3v) is 4.92. The van der Waals surface area contributed by atoms with Crippen molar-refractivity contribution in [3.8, 4) is 0 Å². The first kappa shape index (κ1) is 26.8. The molecule has 0 aliphatic heterocycles. The highest BCUT2D eigenvalue weighted by atomic mass is 35.5. The van der Waals surface area contributed by atoms with E-state index in [-0.39, 0.29) is 17.9 Å². The predicted octanol–water partition coefficient (Wildman–Crippen LogP) is 4.08. The smallest absolute Gasteiger partial charge is 0.218 e. The molecule has 0 heterocycles. The highest BCUT2D eigenvalue weighted by molar-refractivity contribution is 6.31. The first-order valence-electron chi connectivity index (χ1n) is 10.8. The Kier molecular flexibility index (Phi) is 11.6. The molecule has 2 aromatic rings. The van der Waals surface area contributed by atoms with Crippen LogP contribution in [0.3, 0.4) is 0 Å². The second-order valence-corrected chi connectivity index (χ2v) is 8.16. The average molecular weight is 504 g/mol. The second-order valence-electron chi connectivity index (χ2n) is 7.29. The fraction of sp³-hybridized carbons (Fsp3) is 0.261. The maximum absolute atomic E-state index is 5.88. The Labute approximate surface area is 210 Å². The molecule has 0 amide bonds. The van der Waals surface area contributed by atoms with Gasteiger partial charge in [0.25, 0.3) is 0 Å². The van der Waals surface area contributed by atoms with Crippen LogP contribution in [0.4, 0.5) is 11.4 Å². The number of guanidine groups is 3. The standard InChI is InChI=1S/C23H31Cl2N9/c1-16(31-22(27)32-19-10-6-17(24)7-11-19)29-14-4-2-3-5-15-30-21(26)34-23(28)33-20-12-8-18(25)9-13-20/h6-13,29H,1-5,14-15H2,(H3,27,31,32)(H5,26,28,30,33,34). The Morgan fingerprint density at radius 1 is 0.735 bits per heavy atom. The number of hydrogen-bond acceptors (Lipinski definition) is 3. The third-order valence-electron chi connectivity index (χ3n) is 4.41. The van der Waals surface area contributed by atoms with Crippen LogP contribution in [-0.2, 0) is 0 Å². The molecule has 0 aliphatic carbocycles. The van der Waals surface area contributed by atoms with Crippen LogP contribution in [-0.4, -0.2) is 31.0 Å². The van der Waals surface area contributed by atoms with E-state index < -0.39 is 0 Å². The molecular formula is C23H31Cl2N9. The van der Waals surface area contributed by atoms with E-state index in [1.807, 2.05) is 12.1 Å². The second kappa shape index (κ2) is 14.7. The molecule has 0 unspecified atom stereocenters. The van der Waals surface area contributed by atoms with Crippen molar-refractivity contribution in [2.75, 3.05) is 23.7 Å². The average Bonchev–Trinajstić information content (AvgIpc) is 2.78. The van der Waals surface area contributed by atoms with Gasteiger partial charge in [-0.25, -0.2) is 0 Å². The summed E-state index contributed by atoms with van der Waals surface area (Å²) >= 11 is 11.7. The van der Waals surface area contributed by atoms with Gasteiger partial charge in [-0.05, 0) is 61.4 Å². The van der Waals surface area contributed by atoms with E-state index in [9.17, 15) is 0 Å². The summed E-state index contributed by atoms with van der Waals surface area (Å²) in [6.45, 7) is 5.20. The van der Waals surface area contributed by atoms with Crippen molar-refractivity contribution in [2.24, 2.45) is 32.2 Å². The van der Waals surface area contributed by atoms with Crippen molar-refractivity contribution in [3.05, 3.63) is 71.0 Å². The van der Waals surface area contributed by atoms with E-state index in [1.54, 1.807) is 36.4 Å². The van der Waals surface area contributed by atoms with Gasteiger partial charge in [-0.1, -0.05) is 42.6 Å². The SMILES string of the molecule is C=C(/N=C(/N)Nc1ccc(Cl)cc1)NCCCCCCN=C(N)/N=C(\N)Nc1ccc(Cl)cc1. The number of aliphatic imine (C=N–C) groups is 3. The summed E-state index contributed by atoms with van der Waals surface area (Å²) in [5.74, 6) is 1.06. The number of hydrogen-bond donors (Lipinski definition) is 6. The molecule has 0 spiro atoms. The molecule has 11 heteroatoms. The fourth-order valence-corrected chi connectivity index (χ4v) is 3.03. The van der Waals surface area contributed by atoms with Gasteiger partial charge in [0.2, 0.25) is 11.9 Å². The summed E-state index contributed by atoms with van der Waals surface area (Å²) < 4.78 is 0. The largest absolute Gasteiger partial charge is 0.370 e. The van der Waals surface area contributed by atoms with Crippen LogP contribution in [0.25, 0.3) is 0 Å². The number of nitrogens with two attached hydrogens (primary N) is 3. The van der Waals surface area contributed by atoms with Crippen LogP contribution >= 0.6 is 23.2 Å². The van der Waals surface area contributed by atoms with Gasteiger partial charge >= 0.3 is 0 Å². The van der Waals surface area contributed by atoms with Gasteiger partial charge in [0.15, 0.2) is 5.96 Å². The van der Waals surface area contributed by atoms with Crippen molar-refractivity contribution in [2.45, 2.75) is 25.7 Å². The van der Waals surface area contributed by atoms with Crippen molar-refractivity contribution in [1.82, 2.24) is 5.32 Å². The number of nitrogens with one attached hydrogen (secondary N) is 3. The summed E-state index contributed by atoms with van der Waals surface area (Å²) in [5, 5.41) is 10.4. The van der Waals surface area contributed by atoms with Crippen LogP contribution in [0.2, 0.25) is 10.0 Å². The number of rotatable bonds is 11. The first-order chi connectivity index (χ1) is 16.3. The molecule has 0 atom stereocenters. The van der Waals surface area contributed by atoms with E-state index >= 15 is 0 Å². The molecule has 9 nitrogen and oxygen atoms in total. The lowest BCUT2D eigenvalue weighted by Gasteiger charge is -2.08. The minimum atomic E-state index is 0.139. The Hall–Kier alpha value is -3.43. The maximum Gasteiger partial charge on any atom is 0.218 e. The van der Waals surface area contributed by atoms with E-state index in [0.717, 1.165) is 43.6 Å². The van der Waals surface area contributed by atoms with Crippen LogP contribution in [0.1, 0.15) is 25.7 Å². The van der Waals surface area contributed by atoms with Gasteiger partial charge in [0.05, 0.1) is 0 Å². The molecule has 182 valence electrons. The summed E-state index contributed by atoms with van der Waals surface area (Å²) in [4.78, 5) is 12.5. The van der Waals surface area contributed by atoms with Gasteiger partial charge in [0, 0.05) is 34.5 Å². The van der Waals surface area contributed by atoms with Gasteiger partial charge in [-0.15, -0.1) is 0 Å². The Balaban J connectivity index is 1.56. The van der Waals surface area contributed by atoms with Gasteiger partial charge in [-0.2, -0.15) is 9.98 Å². The number of unbranched alkanes of at least 4 members (excludes halogenated alkanes) is 3. The lowest BCUT2D eigenvalue weighted by molar-refractivity contribution is 0.621. The summed E-state index contributed by atoms with van der Waals surface area (Å²) in [5.41, 5.74) is 19.1. The molecule has 0 aliphatic rings. The van der Waals surface area contributed by atoms with Crippen molar-refractivity contribution >= 4 is 52.5 Å². The van der Waals surface area contributed by atoms with Crippen LogP contribution in [0, 0.1) is 0 Å². The normalized spacial score (nSPS) is 12.4. The van der Waals surface area contributed by atoms with Crippen molar-refractivity contribution in [3.63, 3.8) is 0 Å². The van der Waals surface area contributed by atoms with Crippen LogP contribution < -0.4 is 33.2 Å². The zero-order valence-electron chi connectivity index (χ0n) is 18.9. The predicted molar refractivity (Wildman–Crippen MR) is 145 cm³/mol. The number of halogens is 2.